The van der Waals surface area contributed by atoms with Gasteiger partial charge < -0.3 is 30.7 Å². The molecule has 14 nitrogen and oxygen atoms in total. The van der Waals surface area contributed by atoms with E-state index in [-0.39, 0.29) is 58.7 Å². The molecule has 0 spiro atoms. The van der Waals surface area contributed by atoms with Gasteiger partial charge in [0, 0.05) is 10.8 Å². The molecule has 0 fully saturated rings. The van der Waals surface area contributed by atoms with Gasteiger partial charge in [-0.3, -0.25) is 19.2 Å². The van der Waals surface area contributed by atoms with Crippen LogP contribution in [0.4, 0.5) is 0 Å². The highest BCUT2D eigenvalue weighted by Gasteiger charge is 2.42. The molecule has 52 heavy (non-hydrogen) atoms. The maximum atomic E-state index is 13.8. The Morgan fingerprint density at radius 1 is 0.615 bits per heavy atom. The minimum absolute atomic E-state index is 0.0604. The molecule has 284 valence electrons. The van der Waals surface area contributed by atoms with Gasteiger partial charge in [-0.05, 0) is 37.5 Å². The first-order valence-corrected chi connectivity index (χ1v) is 20.0. The predicted octanol–water partition coefficient (Wildman–Crippen LogP) is 4.60. The number of carbonyl (C=O) groups excluding carboxylic acids is 4. The second-order valence-corrected chi connectivity index (χ2v) is 16.5. The van der Waals surface area contributed by atoms with Crippen LogP contribution in [0, 0.1) is 23.7 Å². The molecule has 3 aliphatic rings. The van der Waals surface area contributed by atoms with E-state index < -0.39 is 60.3 Å². The number of nitrogens with zero attached hydrogens (tertiary/aromatic N) is 4. The molecular weight excluding hydrogens is 705 g/mol. The molecule has 0 aromatic carbocycles. The number of nitrogens with one attached hydrogen (secondary N) is 4. The maximum Gasteiger partial charge on any atom is 0.271 e. The van der Waals surface area contributed by atoms with Crippen molar-refractivity contribution in [1.29, 1.82) is 0 Å². The van der Waals surface area contributed by atoms with E-state index in [0.29, 0.717) is 22.9 Å². The Labute approximate surface area is 313 Å². The molecular formula is C36H52N8O6S2. The fraction of sp³-hybridized carbons (Fsp3) is 0.667. The first kappa shape index (κ1) is 39.3. The standard InChI is InChI=1S/C36H52N8O6S2/c1-11-17(7)25-33-43-27(19(9)49-33)31(47)39-24(16(5)6)36-38-22(14-52-36)30(46)42-26(18(8)12-2)34-44-28(20(10)50-34)32(48)40-23(15(3)4)35-37-21(13-51-35)29(45)41-25/h13-20,23-28H,11-12H2,1-10H3,(H,39,47)(H,40,48)(H,41,45)(H,42,46)/t17?,18?,19-,20-,23-,24-,25-,26-,27?,28?/m1/s1. The van der Waals surface area contributed by atoms with Crippen molar-refractivity contribution in [1.82, 2.24) is 31.2 Å². The summed E-state index contributed by atoms with van der Waals surface area (Å²) < 4.78 is 12.3. The van der Waals surface area contributed by atoms with Crippen LogP contribution in [0.3, 0.4) is 0 Å². The molecule has 0 saturated carbocycles. The van der Waals surface area contributed by atoms with Crippen LogP contribution in [0.25, 0.3) is 0 Å². The van der Waals surface area contributed by atoms with Crippen LogP contribution >= 0.6 is 22.7 Å². The van der Waals surface area contributed by atoms with Gasteiger partial charge in [0.2, 0.25) is 23.6 Å². The average molecular weight is 757 g/mol. The smallest absolute Gasteiger partial charge is 0.271 e. The lowest BCUT2D eigenvalue weighted by atomic mass is 9.98. The average Bonchev–Trinajstić information content (AvgIpc) is 3.92. The quantitative estimate of drug-likeness (QED) is 0.330. The summed E-state index contributed by atoms with van der Waals surface area (Å²) in [6.45, 7) is 19.4. The number of carbonyl (C=O) groups is 4. The van der Waals surface area contributed by atoms with Crippen molar-refractivity contribution in [2.75, 3.05) is 0 Å². The van der Waals surface area contributed by atoms with Crippen LogP contribution in [0.5, 0.6) is 0 Å². The van der Waals surface area contributed by atoms with E-state index >= 15 is 0 Å². The van der Waals surface area contributed by atoms with E-state index in [1.54, 1.807) is 24.6 Å². The highest BCUT2D eigenvalue weighted by Crippen LogP contribution is 2.30. The van der Waals surface area contributed by atoms with E-state index in [2.05, 4.69) is 31.2 Å². The number of hydrogen-bond donors (Lipinski definition) is 4. The van der Waals surface area contributed by atoms with Crippen LogP contribution in [0.2, 0.25) is 0 Å². The molecule has 10 atom stereocenters. The summed E-state index contributed by atoms with van der Waals surface area (Å²) in [5, 5.41) is 16.8. The summed E-state index contributed by atoms with van der Waals surface area (Å²) >= 11 is 2.57. The molecule has 4 amide bonds. The summed E-state index contributed by atoms with van der Waals surface area (Å²) in [5.74, 6) is -1.19. The zero-order chi connectivity index (χ0) is 38.0. The Kier molecular flexibility index (Phi) is 12.4. The molecule has 2 aromatic rings. The number of aliphatic imine (C=N–C) groups is 2. The monoisotopic (exact) mass is 756 g/mol. The van der Waals surface area contributed by atoms with Crippen LogP contribution in [0.15, 0.2) is 20.7 Å². The van der Waals surface area contributed by atoms with E-state index in [4.69, 9.17) is 19.5 Å². The van der Waals surface area contributed by atoms with Gasteiger partial charge >= 0.3 is 0 Å². The third-order valence-corrected chi connectivity index (χ3v) is 11.9. The summed E-state index contributed by atoms with van der Waals surface area (Å²) in [6.07, 6.45) is 0.257. The number of fused-ring (bicyclic) bond motifs is 6. The van der Waals surface area contributed by atoms with Crippen molar-refractivity contribution >= 4 is 58.1 Å². The van der Waals surface area contributed by atoms with Gasteiger partial charge in [0.15, 0.2) is 12.1 Å². The lowest BCUT2D eigenvalue weighted by Gasteiger charge is -2.24. The fourth-order valence-electron chi connectivity index (χ4n) is 6.28. The van der Waals surface area contributed by atoms with Crippen molar-refractivity contribution in [2.24, 2.45) is 33.7 Å². The first-order chi connectivity index (χ1) is 24.6. The number of rotatable bonds is 6. The SMILES string of the molecule is CCC(C)[C@H]1NC(=O)c2csc(n2)[C@@H](C(C)C)NC(=O)C2N=C(O[C@@H]2C)[C@@H](C(C)CC)NC(=O)c2csc(n2)[C@@H](C(C)C)NC(=O)C2N=C1O[C@@H]2C. The molecule has 16 heteroatoms. The van der Waals surface area contributed by atoms with E-state index in [9.17, 15) is 19.2 Å². The minimum Gasteiger partial charge on any atom is -0.474 e. The Morgan fingerprint density at radius 2 is 0.981 bits per heavy atom. The van der Waals surface area contributed by atoms with Gasteiger partial charge in [0.05, 0.1) is 12.1 Å². The zero-order valence-electron chi connectivity index (χ0n) is 31.6. The molecule has 0 aliphatic carbocycles. The molecule has 0 saturated heterocycles. The summed E-state index contributed by atoms with van der Waals surface area (Å²) in [4.78, 5) is 73.7. The van der Waals surface area contributed by atoms with Gasteiger partial charge in [0.1, 0.15) is 45.7 Å². The van der Waals surface area contributed by atoms with Crippen LogP contribution in [-0.2, 0) is 19.1 Å². The lowest BCUT2D eigenvalue weighted by Crippen LogP contribution is -2.46. The zero-order valence-corrected chi connectivity index (χ0v) is 33.2. The van der Waals surface area contributed by atoms with Gasteiger partial charge in [-0.1, -0.05) is 68.2 Å². The number of amides is 4. The Morgan fingerprint density at radius 3 is 1.31 bits per heavy atom. The molecule has 5 heterocycles. The third kappa shape index (κ3) is 8.32. The number of ether oxygens (including phenoxy) is 2. The Bertz CT molecular complexity index is 1580. The topological polar surface area (TPSA) is 185 Å². The van der Waals surface area contributed by atoms with Gasteiger partial charge in [-0.15, -0.1) is 22.7 Å². The van der Waals surface area contributed by atoms with Crippen LogP contribution in [0.1, 0.15) is 125 Å². The number of thiazole rings is 2. The van der Waals surface area contributed by atoms with Crippen molar-refractivity contribution in [3.05, 3.63) is 32.2 Å². The molecule has 2 aromatic heterocycles. The number of aromatic nitrogens is 2. The maximum absolute atomic E-state index is 13.8. The van der Waals surface area contributed by atoms with Gasteiger partial charge in [0.25, 0.3) is 11.8 Å². The molecule has 5 rings (SSSR count). The third-order valence-electron chi connectivity index (χ3n) is 10.1. The number of hydrogen-bond acceptors (Lipinski definition) is 12. The van der Waals surface area contributed by atoms with Crippen LogP contribution in [-0.4, -0.2) is 81.8 Å². The predicted molar refractivity (Wildman–Crippen MR) is 201 cm³/mol. The van der Waals surface area contributed by atoms with Crippen molar-refractivity contribution in [3.8, 4) is 0 Å². The molecule has 4 N–H and O–H groups in total. The second-order valence-electron chi connectivity index (χ2n) is 14.7. The minimum atomic E-state index is -0.857. The van der Waals surface area contributed by atoms with E-state index in [1.165, 1.54) is 22.7 Å². The molecule has 3 aliphatic heterocycles. The van der Waals surface area contributed by atoms with Crippen molar-refractivity contribution in [2.45, 2.75) is 131 Å². The largest absolute Gasteiger partial charge is 0.474 e. The highest BCUT2D eigenvalue weighted by molar-refractivity contribution is 7.10. The Balaban J connectivity index is 1.55. The second kappa shape index (κ2) is 16.4. The molecule has 4 unspecified atom stereocenters. The highest BCUT2D eigenvalue weighted by atomic mass is 32.1. The van der Waals surface area contributed by atoms with Gasteiger partial charge in [-0.25, -0.2) is 20.0 Å². The van der Waals surface area contributed by atoms with Crippen molar-refractivity contribution in [3.63, 3.8) is 0 Å². The summed E-state index contributed by atoms with van der Waals surface area (Å²) in [7, 11) is 0. The Hall–Kier alpha value is -3.92. The van der Waals surface area contributed by atoms with E-state index in [0.717, 1.165) is 0 Å². The normalized spacial score (nSPS) is 29.8. The van der Waals surface area contributed by atoms with E-state index in [1.807, 2.05) is 55.4 Å². The molecule has 8 bridgehead atoms. The summed E-state index contributed by atoms with van der Waals surface area (Å²) in [6, 6.07) is -3.92. The van der Waals surface area contributed by atoms with Gasteiger partial charge in [-0.2, -0.15) is 0 Å². The fourth-order valence-corrected chi connectivity index (χ4v) is 8.32. The summed E-state index contributed by atoms with van der Waals surface area (Å²) in [5.41, 5.74) is 0.410. The van der Waals surface area contributed by atoms with Crippen LogP contribution < -0.4 is 21.3 Å². The molecule has 0 radical (unpaired) electrons. The van der Waals surface area contributed by atoms with Crippen molar-refractivity contribution < 1.29 is 28.7 Å². The first-order valence-electron chi connectivity index (χ1n) is 18.2. The lowest BCUT2D eigenvalue weighted by molar-refractivity contribution is -0.125.